The Hall–Kier alpha value is -1.81. The van der Waals surface area contributed by atoms with E-state index in [4.69, 9.17) is 5.11 Å². The van der Waals surface area contributed by atoms with Gasteiger partial charge in [-0.15, -0.1) is 0 Å². The van der Waals surface area contributed by atoms with Crippen molar-refractivity contribution in [2.24, 2.45) is 0 Å². The van der Waals surface area contributed by atoms with Crippen molar-refractivity contribution in [1.29, 1.82) is 0 Å². The predicted molar refractivity (Wildman–Crippen MR) is 84.5 cm³/mol. The van der Waals surface area contributed by atoms with Crippen molar-refractivity contribution in [2.45, 2.75) is 13.3 Å². The lowest BCUT2D eigenvalue weighted by Crippen LogP contribution is -2.06. The van der Waals surface area contributed by atoms with Gasteiger partial charge in [-0.05, 0) is 58.6 Å². The van der Waals surface area contributed by atoms with Crippen molar-refractivity contribution >= 4 is 27.6 Å². The van der Waals surface area contributed by atoms with Crippen molar-refractivity contribution in [2.75, 3.05) is 11.9 Å². The van der Waals surface area contributed by atoms with Gasteiger partial charge in [-0.25, -0.2) is 4.79 Å². The average molecular weight is 334 g/mol. The summed E-state index contributed by atoms with van der Waals surface area (Å²) in [5.74, 6) is -0.927. The van der Waals surface area contributed by atoms with Gasteiger partial charge in [0.05, 0.1) is 5.56 Å². The van der Waals surface area contributed by atoms with Gasteiger partial charge in [0.1, 0.15) is 0 Å². The van der Waals surface area contributed by atoms with E-state index in [1.807, 2.05) is 12.1 Å². The molecule has 0 amide bonds. The molecule has 0 spiro atoms. The fraction of sp³-hybridized carbons (Fsp3) is 0.188. The second-order valence-electron chi connectivity index (χ2n) is 4.60. The van der Waals surface area contributed by atoms with Crippen LogP contribution in [-0.2, 0) is 6.42 Å². The molecule has 4 heteroatoms. The number of carboxylic acids is 1. The van der Waals surface area contributed by atoms with Gasteiger partial charge in [0.25, 0.3) is 0 Å². The van der Waals surface area contributed by atoms with E-state index in [1.165, 1.54) is 11.1 Å². The van der Waals surface area contributed by atoms with Gasteiger partial charge >= 0.3 is 5.97 Å². The molecule has 2 aromatic rings. The van der Waals surface area contributed by atoms with Crippen molar-refractivity contribution in [3.05, 3.63) is 63.6 Å². The van der Waals surface area contributed by atoms with Gasteiger partial charge in [0, 0.05) is 16.7 Å². The Morgan fingerprint density at radius 2 is 2.00 bits per heavy atom. The zero-order valence-electron chi connectivity index (χ0n) is 11.2. The lowest BCUT2D eigenvalue weighted by atomic mass is 10.1. The first-order chi connectivity index (χ1) is 9.58. The number of aromatic carboxylic acids is 1. The first-order valence-corrected chi connectivity index (χ1v) is 7.18. The van der Waals surface area contributed by atoms with Gasteiger partial charge in [-0.2, -0.15) is 0 Å². The monoisotopic (exact) mass is 333 g/mol. The molecule has 0 saturated carbocycles. The van der Waals surface area contributed by atoms with Gasteiger partial charge in [-0.3, -0.25) is 0 Å². The molecule has 2 N–H and O–H groups in total. The van der Waals surface area contributed by atoms with Crippen LogP contribution in [0.25, 0.3) is 0 Å². The second-order valence-corrected chi connectivity index (χ2v) is 5.46. The molecule has 2 rings (SSSR count). The van der Waals surface area contributed by atoms with E-state index in [0.29, 0.717) is 4.47 Å². The summed E-state index contributed by atoms with van der Waals surface area (Å²) in [4.78, 5) is 10.9. The molecule has 0 bridgehead atoms. The summed E-state index contributed by atoms with van der Waals surface area (Å²) in [6.45, 7) is 2.91. The average Bonchev–Trinajstić information content (AvgIpc) is 2.40. The van der Waals surface area contributed by atoms with E-state index >= 15 is 0 Å². The Bertz CT molecular complexity index is 626. The molecule has 0 aliphatic rings. The van der Waals surface area contributed by atoms with E-state index in [-0.39, 0.29) is 5.56 Å². The standard InChI is InChI=1S/C16H16BrNO2/c1-11-4-2-3-5-12(11)8-9-18-13-6-7-14(16(19)20)15(17)10-13/h2-7,10,18H,8-9H2,1H3,(H,19,20). The minimum Gasteiger partial charge on any atom is -0.478 e. The first-order valence-electron chi connectivity index (χ1n) is 6.39. The third-order valence-electron chi connectivity index (χ3n) is 3.18. The number of hydrogen-bond donors (Lipinski definition) is 2. The highest BCUT2D eigenvalue weighted by molar-refractivity contribution is 9.10. The van der Waals surface area contributed by atoms with E-state index < -0.39 is 5.97 Å². The van der Waals surface area contributed by atoms with Gasteiger partial charge in [-0.1, -0.05) is 24.3 Å². The molecular formula is C16H16BrNO2. The van der Waals surface area contributed by atoms with Crippen LogP contribution in [0.1, 0.15) is 21.5 Å². The minimum atomic E-state index is -0.927. The molecule has 0 saturated heterocycles. The molecule has 0 radical (unpaired) electrons. The smallest absolute Gasteiger partial charge is 0.336 e. The van der Waals surface area contributed by atoms with Crippen LogP contribution in [0.3, 0.4) is 0 Å². The third-order valence-corrected chi connectivity index (χ3v) is 3.84. The summed E-state index contributed by atoms with van der Waals surface area (Å²) in [6, 6.07) is 13.5. The second kappa shape index (κ2) is 6.57. The van der Waals surface area contributed by atoms with Crippen molar-refractivity contribution in [3.8, 4) is 0 Å². The Labute approximate surface area is 126 Å². The van der Waals surface area contributed by atoms with Crippen LogP contribution in [0, 0.1) is 6.92 Å². The molecule has 3 nitrogen and oxygen atoms in total. The highest BCUT2D eigenvalue weighted by atomic mass is 79.9. The molecule has 0 heterocycles. The van der Waals surface area contributed by atoms with Crippen molar-refractivity contribution in [3.63, 3.8) is 0 Å². The number of halogens is 1. The normalized spacial score (nSPS) is 10.3. The van der Waals surface area contributed by atoms with Crippen LogP contribution in [0.2, 0.25) is 0 Å². The minimum absolute atomic E-state index is 0.273. The quantitative estimate of drug-likeness (QED) is 0.865. The molecule has 0 aromatic heterocycles. The Kier molecular flexibility index (Phi) is 4.79. The summed E-state index contributed by atoms with van der Waals surface area (Å²) in [7, 11) is 0. The van der Waals surface area contributed by atoms with Gasteiger partial charge in [0.2, 0.25) is 0 Å². The number of carboxylic acid groups (broad SMARTS) is 1. The van der Waals surface area contributed by atoms with E-state index in [0.717, 1.165) is 18.7 Å². The zero-order chi connectivity index (χ0) is 14.5. The lowest BCUT2D eigenvalue weighted by molar-refractivity contribution is 0.0696. The van der Waals surface area contributed by atoms with Crippen molar-refractivity contribution < 1.29 is 9.90 Å². The molecule has 0 atom stereocenters. The third kappa shape index (κ3) is 3.61. The maximum atomic E-state index is 10.9. The van der Waals surface area contributed by atoms with Crippen LogP contribution < -0.4 is 5.32 Å². The maximum absolute atomic E-state index is 10.9. The molecule has 0 unspecified atom stereocenters. The first kappa shape index (κ1) is 14.6. The number of benzene rings is 2. The van der Waals surface area contributed by atoms with Gasteiger partial charge < -0.3 is 10.4 Å². The number of nitrogens with one attached hydrogen (secondary N) is 1. The lowest BCUT2D eigenvalue weighted by Gasteiger charge is -2.09. The number of carbonyl (C=O) groups is 1. The fourth-order valence-electron chi connectivity index (χ4n) is 2.03. The number of rotatable bonds is 5. The molecule has 104 valence electrons. The Balaban J connectivity index is 1.97. The van der Waals surface area contributed by atoms with Crippen LogP contribution >= 0.6 is 15.9 Å². The molecule has 0 aliphatic heterocycles. The highest BCUT2D eigenvalue weighted by Gasteiger charge is 2.08. The molecule has 0 aliphatic carbocycles. The topological polar surface area (TPSA) is 49.3 Å². The van der Waals surface area contributed by atoms with Crippen molar-refractivity contribution in [1.82, 2.24) is 0 Å². The van der Waals surface area contributed by atoms with E-state index in [2.05, 4.69) is 40.3 Å². The molecule has 20 heavy (non-hydrogen) atoms. The molecule has 2 aromatic carbocycles. The van der Waals surface area contributed by atoms with E-state index in [1.54, 1.807) is 18.2 Å². The summed E-state index contributed by atoms with van der Waals surface area (Å²) in [6.07, 6.45) is 0.935. The largest absolute Gasteiger partial charge is 0.478 e. The SMILES string of the molecule is Cc1ccccc1CCNc1ccc(C(=O)O)c(Br)c1. The summed E-state index contributed by atoms with van der Waals surface area (Å²) >= 11 is 3.28. The number of aryl methyl sites for hydroxylation is 1. The number of hydrogen-bond acceptors (Lipinski definition) is 2. The van der Waals surface area contributed by atoms with Crippen LogP contribution in [-0.4, -0.2) is 17.6 Å². The Morgan fingerprint density at radius 3 is 2.65 bits per heavy atom. The fourth-order valence-corrected chi connectivity index (χ4v) is 2.58. The Morgan fingerprint density at radius 1 is 1.25 bits per heavy atom. The summed E-state index contributed by atoms with van der Waals surface area (Å²) in [5.41, 5.74) is 3.79. The summed E-state index contributed by atoms with van der Waals surface area (Å²) < 4.78 is 0.589. The zero-order valence-corrected chi connectivity index (χ0v) is 12.8. The molecule has 0 fully saturated rings. The van der Waals surface area contributed by atoms with Crippen LogP contribution in [0.5, 0.6) is 0 Å². The predicted octanol–water partition coefficient (Wildman–Crippen LogP) is 4.11. The van der Waals surface area contributed by atoms with Gasteiger partial charge in [0.15, 0.2) is 0 Å². The van der Waals surface area contributed by atoms with Crippen LogP contribution in [0.15, 0.2) is 46.9 Å². The van der Waals surface area contributed by atoms with E-state index in [9.17, 15) is 4.79 Å². The maximum Gasteiger partial charge on any atom is 0.336 e. The molecular weight excluding hydrogens is 318 g/mol. The highest BCUT2D eigenvalue weighted by Crippen LogP contribution is 2.21. The number of anilines is 1. The summed E-state index contributed by atoms with van der Waals surface area (Å²) in [5, 5.41) is 12.3. The van der Waals surface area contributed by atoms with Crippen LogP contribution in [0.4, 0.5) is 5.69 Å².